The zero-order valence-electron chi connectivity index (χ0n) is 19.5. The first kappa shape index (κ1) is 23.3. The van der Waals surface area contributed by atoms with Crippen LogP contribution in [0, 0.1) is 11.8 Å². The molecule has 1 aliphatic carbocycles. The van der Waals surface area contributed by atoms with Crippen LogP contribution in [0.2, 0.25) is 0 Å². The highest BCUT2D eigenvalue weighted by molar-refractivity contribution is 5.81. The number of rotatable bonds is 7. The van der Waals surface area contributed by atoms with E-state index in [2.05, 4.69) is 46.0 Å². The molecular formula is C23H39N7O. The molecule has 0 atom stereocenters. The quantitative estimate of drug-likeness (QED) is 0.529. The predicted octanol–water partition coefficient (Wildman–Crippen LogP) is 2.24. The molecular weight excluding hydrogens is 390 g/mol. The van der Waals surface area contributed by atoms with Crippen molar-refractivity contribution in [2.75, 3.05) is 57.8 Å². The maximum absolute atomic E-state index is 12.7. The van der Waals surface area contributed by atoms with Crippen LogP contribution in [0.15, 0.2) is 23.5 Å². The summed E-state index contributed by atoms with van der Waals surface area (Å²) in [6.07, 6.45) is 9.25. The monoisotopic (exact) mass is 429 g/mol. The van der Waals surface area contributed by atoms with E-state index in [0.29, 0.717) is 26.1 Å². The molecule has 8 nitrogen and oxygen atoms in total. The molecule has 3 rings (SSSR count). The van der Waals surface area contributed by atoms with Crippen molar-refractivity contribution in [1.82, 2.24) is 25.1 Å². The first-order valence-corrected chi connectivity index (χ1v) is 11.9. The van der Waals surface area contributed by atoms with Crippen LogP contribution >= 0.6 is 0 Å². The number of nitrogens with one attached hydrogen (secondary N) is 1. The Kier molecular flexibility index (Phi) is 8.91. The van der Waals surface area contributed by atoms with Crippen LogP contribution < -0.4 is 10.2 Å². The van der Waals surface area contributed by atoms with Crippen LogP contribution in [0.4, 0.5) is 5.95 Å². The lowest BCUT2D eigenvalue weighted by Crippen LogP contribution is -2.49. The SMILES string of the molecule is CCNC(=NCCC(=O)N1CCN(c2ncccn2)CC1)N(C)CC1CCC(C)CC1. The van der Waals surface area contributed by atoms with Crippen LogP contribution in [-0.4, -0.2) is 84.5 Å². The summed E-state index contributed by atoms with van der Waals surface area (Å²) in [5.41, 5.74) is 0. The predicted molar refractivity (Wildman–Crippen MR) is 125 cm³/mol. The fourth-order valence-electron chi connectivity index (χ4n) is 4.48. The lowest BCUT2D eigenvalue weighted by molar-refractivity contribution is -0.131. The van der Waals surface area contributed by atoms with E-state index in [1.165, 1.54) is 25.7 Å². The molecule has 0 radical (unpaired) electrons. The van der Waals surface area contributed by atoms with Crippen LogP contribution in [0.3, 0.4) is 0 Å². The van der Waals surface area contributed by atoms with Gasteiger partial charge < -0.3 is 20.0 Å². The minimum absolute atomic E-state index is 0.178. The summed E-state index contributed by atoms with van der Waals surface area (Å²) in [6, 6.07) is 1.82. The molecule has 0 spiro atoms. The van der Waals surface area contributed by atoms with Gasteiger partial charge in [-0.2, -0.15) is 0 Å². The van der Waals surface area contributed by atoms with Gasteiger partial charge in [-0.3, -0.25) is 9.79 Å². The topological polar surface area (TPSA) is 77.0 Å². The molecule has 2 aliphatic rings. The number of anilines is 1. The van der Waals surface area contributed by atoms with Crippen LogP contribution in [0.25, 0.3) is 0 Å². The molecule has 1 N–H and O–H groups in total. The number of carbonyl (C=O) groups is 1. The van der Waals surface area contributed by atoms with E-state index in [0.717, 1.165) is 49.9 Å². The van der Waals surface area contributed by atoms with Gasteiger partial charge in [-0.25, -0.2) is 9.97 Å². The Morgan fingerprint density at radius 3 is 2.48 bits per heavy atom. The summed E-state index contributed by atoms with van der Waals surface area (Å²) in [6.45, 7) is 9.80. The summed E-state index contributed by atoms with van der Waals surface area (Å²) in [5, 5.41) is 3.39. The van der Waals surface area contributed by atoms with E-state index in [4.69, 9.17) is 4.99 Å². The second-order valence-corrected chi connectivity index (χ2v) is 8.91. The van der Waals surface area contributed by atoms with Crippen molar-refractivity contribution in [2.45, 2.75) is 46.0 Å². The maximum Gasteiger partial charge on any atom is 0.225 e. The third-order valence-electron chi connectivity index (χ3n) is 6.42. The lowest BCUT2D eigenvalue weighted by Gasteiger charge is -2.34. The molecule has 0 unspecified atom stereocenters. The van der Waals surface area contributed by atoms with Gasteiger partial charge in [-0.05, 0) is 37.7 Å². The van der Waals surface area contributed by atoms with E-state index < -0.39 is 0 Å². The number of guanidine groups is 1. The summed E-state index contributed by atoms with van der Waals surface area (Å²) < 4.78 is 0. The number of carbonyl (C=O) groups excluding carboxylic acids is 1. The zero-order chi connectivity index (χ0) is 22.1. The van der Waals surface area contributed by atoms with Gasteiger partial charge in [0.15, 0.2) is 5.96 Å². The molecule has 8 heteroatoms. The number of amides is 1. The largest absolute Gasteiger partial charge is 0.357 e. The summed E-state index contributed by atoms with van der Waals surface area (Å²) in [5.74, 6) is 3.45. The number of aliphatic imine (C=N–C) groups is 1. The van der Waals surface area contributed by atoms with Crippen molar-refractivity contribution < 1.29 is 4.79 Å². The van der Waals surface area contributed by atoms with E-state index in [1.807, 2.05) is 11.0 Å². The zero-order valence-corrected chi connectivity index (χ0v) is 19.5. The van der Waals surface area contributed by atoms with E-state index >= 15 is 0 Å². The minimum Gasteiger partial charge on any atom is -0.357 e. The molecule has 0 aromatic carbocycles. The molecule has 2 heterocycles. The molecule has 1 aromatic heterocycles. The normalized spacial score (nSPS) is 22.4. The van der Waals surface area contributed by atoms with Crippen molar-refractivity contribution >= 4 is 17.8 Å². The fraction of sp³-hybridized carbons (Fsp3) is 0.739. The van der Waals surface area contributed by atoms with Crippen LogP contribution in [-0.2, 0) is 4.79 Å². The molecule has 1 saturated carbocycles. The molecule has 1 amide bonds. The van der Waals surface area contributed by atoms with E-state index in [9.17, 15) is 4.79 Å². The Morgan fingerprint density at radius 1 is 1.16 bits per heavy atom. The molecule has 2 fully saturated rings. The van der Waals surface area contributed by atoms with Gasteiger partial charge in [0.2, 0.25) is 11.9 Å². The van der Waals surface area contributed by atoms with Crippen molar-refractivity contribution in [3.63, 3.8) is 0 Å². The second kappa shape index (κ2) is 11.9. The maximum atomic E-state index is 12.7. The van der Waals surface area contributed by atoms with Crippen LogP contribution in [0.5, 0.6) is 0 Å². The standard InChI is InChI=1S/C23H39N7O/c1-4-24-22(28(3)18-20-8-6-19(2)7-9-20)27-13-10-21(31)29-14-16-30(17-15-29)23-25-11-5-12-26-23/h5,11-12,19-20H,4,6-10,13-18H2,1-3H3,(H,24,27). The third kappa shape index (κ3) is 7.08. The number of hydrogen-bond acceptors (Lipinski definition) is 5. The van der Waals surface area contributed by atoms with E-state index in [-0.39, 0.29) is 5.91 Å². The first-order chi connectivity index (χ1) is 15.1. The van der Waals surface area contributed by atoms with E-state index in [1.54, 1.807) is 12.4 Å². The molecule has 0 bridgehead atoms. The Morgan fingerprint density at radius 2 is 1.84 bits per heavy atom. The smallest absolute Gasteiger partial charge is 0.225 e. The van der Waals surface area contributed by atoms with Gasteiger partial charge in [0.05, 0.1) is 6.54 Å². The van der Waals surface area contributed by atoms with Crippen molar-refractivity contribution in [1.29, 1.82) is 0 Å². The summed E-state index contributed by atoms with van der Waals surface area (Å²) >= 11 is 0. The minimum atomic E-state index is 0.178. The van der Waals surface area contributed by atoms with Crippen molar-refractivity contribution in [3.8, 4) is 0 Å². The Bertz CT molecular complexity index is 695. The summed E-state index contributed by atoms with van der Waals surface area (Å²) in [4.78, 5) is 32.3. The van der Waals surface area contributed by atoms with Gasteiger partial charge in [0.1, 0.15) is 0 Å². The fourth-order valence-corrected chi connectivity index (χ4v) is 4.48. The Balaban J connectivity index is 1.43. The molecule has 172 valence electrons. The number of hydrogen-bond donors (Lipinski definition) is 1. The highest BCUT2D eigenvalue weighted by Crippen LogP contribution is 2.28. The summed E-state index contributed by atoms with van der Waals surface area (Å²) in [7, 11) is 2.12. The van der Waals surface area contributed by atoms with Gasteiger partial charge in [-0.1, -0.05) is 19.8 Å². The average molecular weight is 430 g/mol. The van der Waals surface area contributed by atoms with Gasteiger partial charge in [0.25, 0.3) is 0 Å². The van der Waals surface area contributed by atoms with Crippen LogP contribution in [0.1, 0.15) is 46.0 Å². The highest BCUT2D eigenvalue weighted by atomic mass is 16.2. The average Bonchev–Trinajstić information content (AvgIpc) is 2.80. The second-order valence-electron chi connectivity index (χ2n) is 8.91. The molecule has 31 heavy (non-hydrogen) atoms. The molecule has 1 aliphatic heterocycles. The highest BCUT2D eigenvalue weighted by Gasteiger charge is 2.23. The van der Waals surface area contributed by atoms with Gasteiger partial charge in [0, 0.05) is 65.1 Å². The number of nitrogens with zero attached hydrogens (tertiary/aromatic N) is 6. The number of piperazine rings is 1. The van der Waals surface area contributed by atoms with Crippen molar-refractivity contribution in [2.24, 2.45) is 16.8 Å². The first-order valence-electron chi connectivity index (χ1n) is 11.9. The Hall–Kier alpha value is -2.38. The molecule has 1 saturated heterocycles. The Labute approximate surface area is 187 Å². The number of aromatic nitrogens is 2. The lowest BCUT2D eigenvalue weighted by atomic mass is 9.83. The third-order valence-corrected chi connectivity index (χ3v) is 6.42. The van der Waals surface area contributed by atoms with Gasteiger partial charge >= 0.3 is 0 Å². The van der Waals surface area contributed by atoms with Crippen molar-refractivity contribution in [3.05, 3.63) is 18.5 Å². The molecule has 1 aromatic rings. The van der Waals surface area contributed by atoms with Gasteiger partial charge in [-0.15, -0.1) is 0 Å².